The number of hydrogen-bond acceptors (Lipinski definition) is 4. The van der Waals surface area contributed by atoms with Gasteiger partial charge in [-0.15, -0.1) is 0 Å². The normalized spacial score (nSPS) is 21.6. The second-order valence-corrected chi connectivity index (χ2v) is 7.53. The molecule has 0 bridgehead atoms. The standard InChI is InChI=1S/C20H32N4O2/c1-3-26-14-17-12-21-15(2)22-19(17)16-8-7-11-24(13-16)20(25)23-18-9-5-4-6-10-18/h12,16,18H,3-11,13-14H2,1-2H3,(H,23,25). The highest BCUT2D eigenvalue weighted by molar-refractivity contribution is 5.74. The Hall–Kier alpha value is -1.69. The molecule has 1 aliphatic heterocycles. The molecule has 1 saturated heterocycles. The largest absolute Gasteiger partial charge is 0.377 e. The Bertz CT molecular complexity index is 601. The van der Waals surface area contributed by atoms with Gasteiger partial charge in [-0.2, -0.15) is 0 Å². The number of urea groups is 1. The van der Waals surface area contributed by atoms with Crippen molar-refractivity contribution in [2.45, 2.75) is 77.4 Å². The molecule has 1 atom stereocenters. The summed E-state index contributed by atoms with van der Waals surface area (Å²) in [4.78, 5) is 23.7. The number of nitrogens with zero attached hydrogens (tertiary/aromatic N) is 3. The summed E-state index contributed by atoms with van der Waals surface area (Å²) in [6.45, 7) is 6.69. The van der Waals surface area contributed by atoms with Gasteiger partial charge in [0.15, 0.2) is 0 Å². The van der Waals surface area contributed by atoms with Crippen LogP contribution in [0.25, 0.3) is 0 Å². The summed E-state index contributed by atoms with van der Waals surface area (Å²) in [6.07, 6.45) is 9.95. The van der Waals surface area contributed by atoms with Crippen molar-refractivity contribution in [3.8, 4) is 0 Å². The number of likely N-dealkylation sites (tertiary alicyclic amines) is 1. The summed E-state index contributed by atoms with van der Waals surface area (Å²) in [7, 11) is 0. The number of piperidine rings is 1. The first-order chi connectivity index (χ1) is 12.7. The van der Waals surface area contributed by atoms with Crippen LogP contribution in [0.3, 0.4) is 0 Å². The first-order valence-corrected chi connectivity index (χ1v) is 10.1. The second-order valence-electron chi connectivity index (χ2n) is 7.53. The SMILES string of the molecule is CCOCc1cnc(C)nc1C1CCCN(C(=O)NC2CCCCC2)C1. The van der Waals surface area contributed by atoms with Crippen LogP contribution in [-0.4, -0.2) is 46.6 Å². The van der Waals surface area contributed by atoms with E-state index in [4.69, 9.17) is 9.72 Å². The lowest BCUT2D eigenvalue weighted by molar-refractivity contribution is 0.131. The molecule has 2 amide bonds. The van der Waals surface area contributed by atoms with E-state index in [0.29, 0.717) is 19.3 Å². The lowest BCUT2D eigenvalue weighted by Gasteiger charge is -2.35. The molecule has 0 radical (unpaired) electrons. The topological polar surface area (TPSA) is 67.4 Å². The zero-order chi connectivity index (χ0) is 18.4. The van der Waals surface area contributed by atoms with E-state index in [2.05, 4.69) is 10.3 Å². The third-order valence-corrected chi connectivity index (χ3v) is 5.51. The van der Waals surface area contributed by atoms with E-state index in [0.717, 1.165) is 55.9 Å². The average Bonchev–Trinajstić information content (AvgIpc) is 2.68. The lowest BCUT2D eigenvalue weighted by atomic mass is 9.92. The van der Waals surface area contributed by atoms with Crippen LogP contribution in [0.15, 0.2) is 6.20 Å². The molecular formula is C20H32N4O2. The number of amides is 2. The van der Waals surface area contributed by atoms with Crippen molar-refractivity contribution >= 4 is 6.03 Å². The molecule has 1 unspecified atom stereocenters. The van der Waals surface area contributed by atoms with E-state index >= 15 is 0 Å². The van der Waals surface area contributed by atoms with Crippen LogP contribution in [0, 0.1) is 6.92 Å². The molecule has 1 saturated carbocycles. The molecule has 2 heterocycles. The molecule has 0 spiro atoms. The third-order valence-electron chi connectivity index (χ3n) is 5.51. The molecule has 1 aromatic rings. The number of carbonyl (C=O) groups is 1. The van der Waals surface area contributed by atoms with Crippen molar-refractivity contribution in [3.05, 3.63) is 23.3 Å². The van der Waals surface area contributed by atoms with Crippen molar-refractivity contribution in [1.82, 2.24) is 20.2 Å². The molecule has 144 valence electrons. The first kappa shape index (κ1) is 19.1. The number of aryl methyl sites for hydroxylation is 1. The predicted octanol–water partition coefficient (Wildman–Crippen LogP) is 3.54. The first-order valence-electron chi connectivity index (χ1n) is 10.1. The average molecular weight is 361 g/mol. The highest BCUT2D eigenvalue weighted by Crippen LogP contribution is 2.28. The van der Waals surface area contributed by atoms with E-state index in [-0.39, 0.29) is 11.9 Å². The van der Waals surface area contributed by atoms with Gasteiger partial charge < -0.3 is 15.0 Å². The van der Waals surface area contributed by atoms with Gasteiger partial charge in [-0.1, -0.05) is 19.3 Å². The summed E-state index contributed by atoms with van der Waals surface area (Å²) in [5.41, 5.74) is 2.11. The molecule has 1 aliphatic carbocycles. The molecule has 3 rings (SSSR count). The maximum atomic E-state index is 12.7. The van der Waals surface area contributed by atoms with Gasteiger partial charge in [-0.05, 0) is 39.5 Å². The minimum atomic E-state index is 0.0961. The van der Waals surface area contributed by atoms with E-state index in [1.54, 1.807) is 0 Å². The van der Waals surface area contributed by atoms with Gasteiger partial charge in [0.1, 0.15) is 5.82 Å². The van der Waals surface area contributed by atoms with Crippen LogP contribution < -0.4 is 5.32 Å². The minimum absolute atomic E-state index is 0.0961. The summed E-state index contributed by atoms with van der Waals surface area (Å²) in [5, 5.41) is 3.25. The molecular weight excluding hydrogens is 328 g/mol. The van der Waals surface area contributed by atoms with Crippen LogP contribution in [0.4, 0.5) is 4.79 Å². The van der Waals surface area contributed by atoms with Crippen LogP contribution in [0.5, 0.6) is 0 Å². The Morgan fingerprint density at radius 3 is 2.85 bits per heavy atom. The predicted molar refractivity (Wildman–Crippen MR) is 101 cm³/mol. The third kappa shape index (κ3) is 4.93. The maximum absolute atomic E-state index is 12.7. The molecule has 1 aromatic heterocycles. The monoisotopic (exact) mass is 360 g/mol. The Morgan fingerprint density at radius 2 is 2.08 bits per heavy atom. The number of ether oxygens (including phenoxy) is 1. The summed E-state index contributed by atoms with van der Waals surface area (Å²) >= 11 is 0. The van der Waals surface area contributed by atoms with E-state index in [1.807, 2.05) is 24.9 Å². The van der Waals surface area contributed by atoms with Crippen molar-refractivity contribution < 1.29 is 9.53 Å². The summed E-state index contributed by atoms with van der Waals surface area (Å²) < 4.78 is 5.59. The molecule has 2 aliphatic rings. The van der Waals surface area contributed by atoms with E-state index in [1.165, 1.54) is 19.3 Å². The van der Waals surface area contributed by atoms with Crippen molar-refractivity contribution in [2.75, 3.05) is 19.7 Å². The highest BCUT2D eigenvalue weighted by atomic mass is 16.5. The Balaban J connectivity index is 1.66. The fourth-order valence-corrected chi connectivity index (χ4v) is 4.09. The van der Waals surface area contributed by atoms with Crippen LogP contribution in [0.2, 0.25) is 0 Å². The van der Waals surface area contributed by atoms with E-state index < -0.39 is 0 Å². The fraction of sp³-hybridized carbons (Fsp3) is 0.750. The van der Waals surface area contributed by atoms with Gasteiger partial charge in [0.2, 0.25) is 0 Å². The highest BCUT2D eigenvalue weighted by Gasteiger charge is 2.28. The van der Waals surface area contributed by atoms with Crippen molar-refractivity contribution in [3.63, 3.8) is 0 Å². The quantitative estimate of drug-likeness (QED) is 0.872. The Labute approximate surface area is 156 Å². The fourth-order valence-electron chi connectivity index (χ4n) is 4.09. The summed E-state index contributed by atoms with van der Waals surface area (Å²) in [6, 6.07) is 0.449. The summed E-state index contributed by atoms with van der Waals surface area (Å²) in [5.74, 6) is 1.04. The number of carbonyl (C=O) groups excluding carboxylic acids is 1. The minimum Gasteiger partial charge on any atom is -0.377 e. The zero-order valence-corrected chi connectivity index (χ0v) is 16.2. The van der Waals surface area contributed by atoms with Crippen LogP contribution in [-0.2, 0) is 11.3 Å². The molecule has 2 fully saturated rings. The molecule has 6 heteroatoms. The number of nitrogens with one attached hydrogen (secondary N) is 1. The van der Waals surface area contributed by atoms with Crippen LogP contribution >= 0.6 is 0 Å². The van der Waals surface area contributed by atoms with Gasteiger partial charge in [-0.25, -0.2) is 14.8 Å². The van der Waals surface area contributed by atoms with Gasteiger partial charge in [0.05, 0.1) is 12.3 Å². The zero-order valence-electron chi connectivity index (χ0n) is 16.2. The Morgan fingerprint density at radius 1 is 1.27 bits per heavy atom. The van der Waals surface area contributed by atoms with Gasteiger partial charge >= 0.3 is 6.03 Å². The van der Waals surface area contributed by atoms with Crippen molar-refractivity contribution in [1.29, 1.82) is 0 Å². The van der Waals surface area contributed by atoms with Gasteiger partial charge in [0, 0.05) is 43.4 Å². The van der Waals surface area contributed by atoms with Gasteiger partial charge in [-0.3, -0.25) is 0 Å². The second kappa shape index (κ2) is 9.31. The van der Waals surface area contributed by atoms with Crippen LogP contribution in [0.1, 0.15) is 74.9 Å². The molecule has 0 aromatic carbocycles. The smallest absolute Gasteiger partial charge is 0.317 e. The number of hydrogen-bond donors (Lipinski definition) is 1. The lowest BCUT2D eigenvalue weighted by Crippen LogP contribution is -2.48. The molecule has 6 nitrogen and oxygen atoms in total. The van der Waals surface area contributed by atoms with E-state index in [9.17, 15) is 4.79 Å². The Kier molecular flexibility index (Phi) is 6.83. The van der Waals surface area contributed by atoms with Crippen molar-refractivity contribution in [2.24, 2.45) is 0 Å². The number of rotatable bonds is 5. The number of aromatic nitrogens is 2. The van der Waals surface area contributed by atoms with Gasteiger partial charge in [0.25, 0.3) is 0 Å². The molecule has 26 heavy (non-hydrogen) atoms. The molecule has 1 N–H and O–H groups in total. The maximum Gasteiger partial charge on any atom is 0.317 e.